The van der Waals surface area contributed by atoms with Gasteiger partial charge in [-0.15, -0.1) is 0 Å². The molecule has 1 N–H and O–H groups in total. The van der Waals surface area contributed by atoms with Crippen molar-refractivity contribution in [1.82, 2.24) is 5.32 Å². The molecule has 1 unspecified atom stereocenters. The van der Waals surface area contributed by atoms with Crippen LogP contribution in [0.25, 0.3) is 0 Å². The van der Waals surface area contributed by atoms with E-state index in [1.165, 1.54) is 12.0 Å². The van der Waals surface area contributed by atoms with E-state index in [-0.39, 0.29) is 0 Å². The van der Waals surface area contributed by atoms with Gasteiger partial charge < -0.3 is 5.32 Å². The summed E-state index contributed by atoms with van der Waals surface area (Å²) in [4.78, 5) is 0. The Morgan fingerprint density at radius 3 is 2.56 bits per heavy atom. The molecule has 0 aliphatic heterocycles. The summed E-state index contributed by atoms with van der Waals surface area (Å²) in [6, 6.07) is 6.36. The van der Waals surface area contributed by atoms with E-state index < -0.39 is 0 Å². The first-order valence-corrected chi connectivity index (χ1v) is 6.84. The quantitative estimate of drug-likeness (QED) is 0.824. The lowest BCUT2D eigenvalue weighted by molar-refractivity contribution is 0.465. The molecule has 0 spiro atoms. The molecule has 0 fully saturated rings. The first-order valence-electron chi connectivity index (χ1n) is 5.66. The zero-order chi connectivity index (χ0) is 12.1. The van der Waals surface area contributed by atoms with Crippen LogP contribution in [-0.4, -0.2) is 7.05 Å². The number of benzene rings is 1. The number of nitrogens with one attached hydrogen (secondary N) is 1. The fourth-order valence-corrected chi connectivity index (χ4v) is 2.37. The summed E-state index contributed by atoms with van der Waals surface area (Å²) in [6.07, 6.45) is 2.32. The molecule has 90 valence electrons. The minimum Gasteiger partial charge on any atom is -0.313 e. The average molecular weight is 305 g/mol. The SMILES string of the molecule is CNC(CCC(C)C)c1cc(Br)ccc1Cl. The van der Waals surface area contributed by atoms with E-state index in [0.717, 1.165) is 21.8 Å². The minimum absolute atomic E-state index is 0.340. The molecule has 3 heteroatoms. The second kappa shape index (κ2) is 6.63. The van der Waals surface area contributed by atoms with Crippen molar-refractivity contribution in [3.63, 3.8) is 0 Å². The molecule has 0 heterocycles. The summed E-state index contributed by atoms with van der Waals surface area (Å²) in [5.41, 5.74) is 1.18. The molecule has 0 radical (unpaired) electrons. The lowest BCUT2D eigenvalue weighted by Gasteiger charge is -2.19. The van der Waals surface area contributed by atoms with E-state index in [4.69, 9.17) is 11.6 Å². The zero-order valence-corrected chi connectivity index (χ0v) is 12.4. The normalized spacial score (nSPS) is 13.1. The van der Waals surface area contributed by atoms with Crippen molar-refractivity contribution in [1.29, 1.82) is 0 Å². The maximum Gasteiger partial charge on any atom is 0.0454 e. The Bertz CT molecular complexity index is 339. The topological polar surface area (TPSA) is 12.0 Å². The summed E-state index contributed by atoms with van der Waals surface area (Å²) < 4.78 is 1.08. The van der Waals surface area contributed by atoms with E-state index in [2.05, 4.69) is 41.2 Å². The molecule has 0 saturated carbocycles. The standard InChI is InChI=1S/C13H19BrClN/c1-9(2)4-7-13(16-3)11-8-10(14)5-6-12(11)15/h5-6,8-9,13,16H,4,7H2,1-3H3. The molecule has 0 aliphatic rings. The molecule has 1 rings (SSSR count). The van der Waals surface area contributed by atoms with Gasteiger partial charge in [0.15, 0.2) is 0 Å². The van der Waals surface area contributed by atoms with Gasteiger partial charge in [-0.3, -0.25) is 0 Å². The molecule has 0 saturated heterocycles. The van der Waals surface area contributed by atoms with Crippen LogP contribution in [0.1, 0.15) is 38.3 Å². The smallest absolute Gasteiger partial charge is 0.0454 e. The Morgan fingerprint density at radius 1 is 1.31 bits per heavy atom. The molecule has 0 amide bonds. The van der Waals surface area contributed by atoms with Crippen molar-refractivity contribution < 1.29 is 0 Å². The fraction of sp³-hybridized carbons (Fsp3) is 0.538. The van der Waals surface area contributed by atoms with Crippen LogP contribution < -0.4 is 5.32 Å². The van der Waals surface area contributed by atoms with Gasteiger partial charge in [0.05, 0.1) is 0 Å². The molecular formula is C13H19BrClN. The Hall–Kier alpha value is -0.0500. The maximum absolute atomic E-state index is 6.22. The van der Waals surface area contributed by atoms with Crippen molar-refractivity contribution in [3.05, 3.63) is 33.3 Å². The van der Waals surface area contributed by atoms with Gasteiger partial charge in [0.25, 0.3) is 0 Å². The highest BCUT2D eigenvalue weighted by atomic mass is 79.9. The first kappa shape index (κ1) is 14.0. The summed E-state index contributed by atoms with van der Waals surface area (Å²) >= 11 is 9.71. The van der Waals surface area contributed by atoms with Crippen molar-refractivity contribution in [2.24, 2.45) is 5.92 Å². The monoisotopic (exact) mass is 303 g/mol. The molecule has 1 nitrogen and oxygen atoms in total. The molecular weight excluding hydrogens is 286 g/mol. The Labute approximate surface area is 112 Å². The third-order valence-electron chi connectivity index (χ3n) is 2.71. The average Bonchev–Trinajstić information content (AvgIpc) is 2.23. The van der Waals surface area contributed by atoms with Crippen LogP contribution in [0.5, 0.6) is 0 Å². The van der Waals surface area contributed by atoms with E-state index in [1.54, 1.807) is 0 Å². The predicted molar refractivity (Wildman–Crippen MR) is 75.0 cm³/mol. The lowest BCUT2D eigenvalue weighted by atomic mass is 9.98. The van der Waals surface area contributed by atoms with Gasteiger partial charge in [-0.25, -0.2) is 0 Å². The predicted octanol–water partition coefficient (Wildman–Crippen LogP) is 4.80. The molecule has 1 aromatic rings. The minimum atomic E-state index is 0.340. The van der Waals surface area contributed by atoms with Crippen LogP contribution in [0.3, 0.4) is 0 Å². The maximum atomic E-state index is 6.22. The van der Waals surface area contributed by atoms with Gasteiger partial charge >= 0.3 is 0 Å². The van der Waals surface area contributed by atoms with E-state index >= 15 is 0 Å². The molecule has 0 bridgehead atoms. The molecule has 1 aromatic carbocycles. The number of rotatable bonds is 5. The summed E-state index contributed by atoms with van der Waals surface area (Å²) in [6.45, 7) is 4.49. The van der Waals surface area contributed by atoms with Gasteiger partial charge in [-0.2, -0.15) is 0 Å². The fourth-order valence-electron chi connectivity index (χ4n) is 1.74. The summed E-state index contributed by atoms with van der Waals surface area (Å²) in [5, 5.41) is 4.18. The number of hydrogen-bond donors (Lipinski definition) is 1. The summed E-state index contributed by atoms with van der Waals surface area (Å²) in [5.74, 6) is 0.724. The van der Waals surface area contributed by atoms with Crippen molar-refractivity contribution in [3.8, 4) is 0 Å². The van der Waals surface area contributed by atoms with E-state index in [0.29, 0.717) is 6.04 Å². The highest BCUT2D eigenvalue weighted by Gasteiger charge is 2.13. The van der Waals surface area contributed by atoms with Crippen molar-refractivity contribution in [2.45, 2.75) is 32.7 Å². The third kappa shape index (κ3) is 4.08. The van der Waals surface area contributed by atoms with Gasteiger partial charge in [0, 0.05) is 15.5 Å². The first-order chi connectivity index (χ1) is 7.54. The Morgan fingerprint density at radius 2 is 2.00 bits per heavy atom. The second-order valence-corrected chi connectivity index (χ2v) is 5.80. The lowest BCUT2D eigenvalue weighted by Crippen LogP contribution is -2.17. The highest BCUT2D eigenvalue weighted by molar-refractivity contribution is 9.10. The van der Waals surface area contributed by atoms with Gasteiger partial charge in [0.1, 0.15) is 0 Å². The van der Waals surface area contributed by atoms with Crippen molar-refractivity contribution >= 4 is 27.5 Å². The molecule has 1 atom stereocenters. The molecule has 16 heavy (non-hydrogen) atoms. The molecule has 0 aliphatic carbocycles. The van der Waals surface area contributed by atoms with Gasteiger partial charge in [0.2, 0.25) is 0 Å². The Kier molecular flexibility index (Phi) is 5.81. The van der Waals surface area contributed by atoms with Crippen LogP contribution in [0.15, 0.2) is 22.7 Å². The van der Waals surface area contributed by atoms with Crippen LogP contribution in [0.4, 0.5) is 0 Å². The van der Waals surface area contributed by atoms with Crippen LogP contribution >= 0.6 is 27.5 Å². The third-order valence-corrected chi connectivity index (χ3v) is 3.55. The summed E-state index contributed by atoms with van der Waals surface area (Å²) in [7, 11) is 1.99. The van der Waals surface area contributed by atoms with E-state index in [9.17, 15) is 0 Å². The number of halogens is 2. The largest absolute Gasteiger partial charge is 0.313 e. The van der Waals surface area contributed by atoms with Crippen LogP contribution in [0.2, 0.25) is 5.02 Å². The van der Waals surface area contributed by atoms with Crippen LogP contribution in [0, 0.1) is 5.92 Å². The second-order valence-electron chi connectivity index (χ2n) is 4.48. The Balaban J connectivity index is 2.81. The van der Waals surface area contributed by atoms with Crippen LogP contribution in [-0.2, 0) is 0 Å². The zero-order valence-electron chi connectivity index (χ0n) is 10.1. The van der Waals surface area contributed by atoms with Gasteiger partial charge in [-0.05, 0) is 49.6 Å². The van der Waals surface area contributed by atoms with Crippen molar-refractivity contribution in [2.75, 3.05) is 7.05 Å². The van der Waals surface area contributed by atoms with Gasteiger partial charge in [-0.1, -0.05) is 41.4 Å². The number of hydrogen-bond acceptors (Lipinski definition) is 1. The highest BCUT2D eigenvalue weighted by Crippen LogP contribution is 2.29. The van der Waals surface area contributed by atoms with E-state index in [1.807, 2.05) is 19.2 Å². The molecule has 0 aromatic heterocycles.